The van der Waals surface area contributed by atoms with Crippen molar-refractivity contribution in [2.24, 2.45) is 5.92 Å². The largest absolute Gasteiger partial charge is 0.294 e. The van der Waals surface area contributed by atoms with Crippen molar-refractivity contribution < 1.29 is 4.79 Å². The van der Waals surface area contributed by atoms with Gasteiger partial charge in [-0.2, -0.15) is 0 Å². The van der Waals surface area contributed by atoms with Crippen LogP contribution in [-0.4, -0.2) is 5.78 Å². The van der Waals surface area contributed by atoms with E-state index in [2.05, 4.69) is 37.3 Å². The number of carbonyl (C=O) groups excluding carboxylic acids is 1. The van der Waals surface area contributed by atoms with Gasteiger partial charge >= 0.3 is 0 Å². The van der Waals surface area contributed by atoms with E-state index >= 15 is 0 Å². The van der Waals surface area contributed by atoms with E-state index in [0.717, 1.165) is 12.0 Å². The van der Waals surface area contributed by atoms with Gasteiger partial charge in [0.15, 0.2) is 5.78 Å². The smallest absolute Gasteiger partial charge is 0.167 e. The van der Waals surface area contributed by atoms with Crippen molar-refractivity contribution in [3.8, 4) is 0 Å². The zero-order chi connectivity index (χ0) is 13.5. The number of ketones is 1. The summed E-state index contributed by atoms with van der Waals surface area (Å²) in [6, 6.07) is 6.50. The molecule has 1 fully saturated rings. The second-order valence-corrected chi connectivity index (χ2v) is 6.13. The second kappa shape index (κ2) is 4.63. The van der Waals surface area contributed by atoms with E-state index in [4.69, 9.17) is 0 Å². The number of aryl methyl sites for hydroxylation is 1. The fraction of sp³-hybridized carbons (Fsp3) is 0.500. The normalized spacial score (nSPS) is 24.5. The Kier molecular flexibility index (Phi) is 3.08. The van der Waals surface area contributed by atoms with E-state index in [0.29, 0.717) is 5.78 Å². The summed E-state index contributed by atoms with van der Waals surface area (Å²) in [4.78, 5) is 12.8. The van der Waals surface area contributed by atoms with Gasteiger partial charge in [0.05, 0.1) is 0 Å². The molecule has 1 unspecified atom stereocenters. The minimum Gasteiger partial charge on any atom is -0.294 e. The van der Waals surface area contributed by atoms with Crippen LogP contribution in [0.3, 0.4) is 0 Å². The van der Waals surface area contributed by atoms with Crippen molar-refractivity contribution in [1.82, 2.24) is 0 Å². The zero-order valence-electron chi connectivity index (χ0n) is 11.9. The van der Waals surface area contributed by atoms with E-state index in [1.54, 1.807) is 0 Å². The van der Waals surface area contributed by atoms with Crippen molar-refractivity contribution in [3.63, 3.8) is 0 Å². The highest BCUT2D eigenvalue weighted by Gasteiger charge is 2.52. The molecule has 19 heavy (non-hydrogen) atoms. The minimum absolute atomic E-state index is 0.152. The molecule has 3 rings (SSSR count). The van der Waals surface area contributed by atoms with Crippen molar-refractivity contribution >= 4 is 5.78 Å². The van der Waals surface area contributed by atoms with Crippen LogP contribution in [0, 0.1) is 12.8 Å². The Balaban J connectivity index is 2.11. The minimum atomic E-state index is 0.152. The summed E-state index contributed by atoms with van der Waals surface area (Å²) in [5.74, 6) is 0.571. The van der Waals surface area contributed by atoms with Gasteiger partial charge in [-0.25, -0.2) is 0 Å². The number of benzene rings is 1. The molecule has 0 aromatic heterocycles. The number of Topliss-reactive ketones (excluding diaryl/α,β-unsaturated/α-hetero) is 1. The summed E-state index contributed by atoms with van der Waals surface area (Å²) in [6.45, 7) is 4.12. The first-order chi connectivity index (χ1) is 9.19. The fourth-order valence-electron chi connectivity index (χ4n) is 4.15. The van der Waals surface area contributed by atoms with Crippen LogP contribution in [0.15, 0.2) is 30.4 Å². The number of fused-ring (bicyclic) bond motifs is 2. The lowest BCUT2D eigenvalue weighted by molar-refractivity contribution is 0.0885. The summed E-state index contributed by atoms with van der Waals surface area (Å²) in [7, 11) is 0. The van der Waals surface area contributed by atoms with Gasteiger partial charge in [-0.05, 0) is 44.7 Å². The fourth-order valence-corrected chi connectivity index (χ4v) is 4.15. The molecule has 0 N–H and O–H groups in total. The molecule has 2 aliphatic carbocycles. The standard InChI is InChI=1S/C18H22O/c1-3-4-7-16-17(19)14-12-13(2)8-9-15(14)18(16)10-5-6-11-18/h3-4,8-9,12,16H,5-7,10-11H2,1-2H3/b4-3+. The first kappa shape index (κ1) is 12.7. The lowest BCUT2D eigenvalue weighted by Gasteiger charge is -2.30. The number of hydrogen-bond donors (Lipinski definition) is 0. The van der Waals surface area contributed by atoms with Crippen LogP contribution in [0.5, 0.6) is 0 Å². The maximum absolute atomic E-state index is 12.8. The number of rotatable bonds is 2. The highest BCUT2D eigenvalue weighted by Crippen LogP contribution is 2.54. The Morgan fingerprint density at radius 3 is 2.74 bits per heavy atom. The number of allylic oxidation sites excluding steroid dienone is 2. The molecule has 1 heteroatoms. The summed E-state index contributed by atoms with van der Waals surface area (Å²) < 4.78 is 0. The molecule has 1 spiro atoms. The van der Waals surface area contributed by atoms with E-state index < -0.39 is 0 Å². The topological polar surface area (TPSA) is 17.1 Å². The first-order valence-electron chi connectivity index (χ1n) is 7.45. The Hall–Kier alpha value is -1.37. The van der Waals surface area contributed by atoms with Gasteiger partial charge in [0.1, 0.15) is 0 Å². The molecule has 0 saturated heterocycles. The average molecular weight is 254 g/mol. The summed E-state index contributed by atoms with van der Waals surface area (Å²) >= 11 is 0. The van der Waals surface area contributed by atoms with E-state index in [1.165, 1.54) is 36.8 Å². The van der Waals surface area contributed by atoms with Gasteiger partial charge in [-0.1, -0.05) is 42.7 Å². The van der Waals surface area contributed by atoms with Crippen LogP contribution in [0.2, 0.25) is 0 Å². The van der Waals surface area contributed by atoms with Crippen LogP contribution >= 0.6 is 0 Å². The molecule has 0 amide bonds. The molecule has 0 bridgehead atoms. The van der Waals surface area contributed by atoms with Crippen LogP contribution in [-0.2, 0) is 5.41 Å². The van der Waals surface area contributed by atoms with E-state index in [1.807, 2.05) is 6.92 Å². The Bertz CT molecular complexity index is 533. The third kappa shape index (κ3) is 1.79. The van der Waals surface area contributed by atoms with Crippen LogP contribution in [0.25, 0.3) is 0 Å². The Labute approximate surface area is 115 Å². The van der Waals surface area contributed by atoms with Gasteiger partial charge in [0, 0.05) is 16.9 Å². The summed E-state index contributed by atoms with van der Waals surface area (Å²) in [5, 5.41) is 0. The molecule has 1 aromatic rings. The number of carbonyl (C=O) groups is 1. The molecule has 1 nitrogen and oxygen atoms in total. The van der Waals surface area contributed by atoms with E-state index in [-0.39, 0.29) is 11.3 Å². The molecule has 0 aliphatic heterocycles. The maximum atomic E-state index is 12.8. The molecular weight excluding hydrogens is 232 g/mol. The summed E-state index contributed by atoms with van der Waals surface area (Å²) in [6.07, 6.45) is 10.1. The number of hydrogen-bond acceptors (Lipinski definition) is 1. The van der Waals surface area contributed by atoms with Gasteiger partial charge in [-0.3, -0.25) is 4.79 Å². The molecular formula is C18H22O. The molecule has 0 heterocycles. The first-order valence-corrected chi connectivity index (χ1v) is 7.45. The lowest BCUT2D eigenvalue weighted by atomic mass is 9.72. The van der Waals surface area contributed by atoms with Crippen LogP contribution in [0.1, 0.15) is 60.5 Å². The Morgan fingerprint density at radius 1 is 1.32 bits per heavy atom. The molecule has 1 aromatic carbocycles. The molecule has 2 aliphatic rings. The van der Waals surface area contributed by atoms with Crippen LogP contribution < -0.4 is 0 Å². The summed E-state index contributed by atoms with van der Waals surface area (Å²) in [5.41, 5.74) is 3.71. The Morgan fingerprint density at radius 2 is 2.05 bits per heavy atom. The maximum Gasteiger partial charge on any atom is 0.167 e. The van der Waals surface area contributed by atoms with Crippen molar-refractivity contribution in [2.75, 3.05) is 0 Å². The van der Waals surface area contributed by atoms with Gasteiger partial charge in [0.2, 0.25) is 0 Å². The third-order valence-electron chi connectivity index (χ3n) is 5.06. The van der Waals surface area contributed by atoms with Crippen LogP contribution in [0.4, 0.5) is 0 Å². The highest BCUT2D eigenvalue weighted by atomic mass is 16.1. The second-order valence-electron chi connectivity index (χ2n) is 6.13. The molecule has 1 atom stereocenters. The van der Waals surface area contributed by atoms with Gasteiger partial charge in [0.25, 0.3) is 0 Å². The zero-order valence-corrected chi connectivity index (χ0v) is 11.9. The molecule has 100 valence electrons. The highest BCUT2D eigenvalue weighted by molar-refractivity contribution is 6.04. The quantitative estimate of drug-likeness (QED) is 0.706. The SMILES string of the molecule is C/C=C/CC1C(=O)c2cc(C)ccc2C12CCCC2. The average Bonchev–Trinajstić information content (AvgIpc) is 2.96. The lowest BCUT2D eigenvalue weighted by Crippen LogP contribution is -2.30. The van der Waals surface area contributed by atoms with Crippen molar-refractivity contribution in [3.05, 3.63) is 47.0 Å². The molecule has 1 saturated carbocycles. The third-order valence-corrected chi connectivity index (χ3v) is 5.06. The van der Waals surface area contributed by atoms with Crippen molar-refractivity contribution in [1.29, 1.82) is 0 Å². The van der Waals surface area contributed by atoms with Crippen molar-refractivity contribution in [2.45, 2.75) is 51.4 Å². The predicted molar refractivity (Wildman–Crippen MR) is 78.6 cm³/mol. The monoisotopic (exact) mass is 254 g/mol. The van der Waals surface area contributed by atoms with E-state index in [9.17, 15) is 4.79 Å². The van der Waals surface area contributed by atoms with Gasteiger partial charge < -0.3 is 0 Å². The molecule has 0 radical (unpaired) electrons. The predicted octanol–water partition coefficient (Wildman–Crippen LogP) is 4.59. The van der Waals surface area contributed by atoms with Gasteiger partial charge in [-0.15, -0.1) is 0 Å².